The molecule has 0 aromatic carbocycles. The molecule has 8 nitrogen and oxygen atoms in total. The molecule has 21 heavy (non-hydrogen) atoms. The van der Waals surface area contributed by atoms with Crippen molar-refractivity contribution >= 4 is 29.1 Å². The van der Waals surface area contributed by atoms with Gasteiger partial charge in [0, 0.05) is 12.7 Å². The van der Waals surface area contributed by atoms with Crippen molar-refractivity contribution in [3.63, 3.8) is 0 Å². The predicted octanol–water partition coefficient (Wildman–Crippen LogP) is 0.507. The average molecular weight is 293 g/mol. The van der Waals surface area contributed by atoms with Gasteiger partial charge in [-0.05, 0) is 27.1 Å². The van der Waals surface area contributed by atoms with Crippen molar-refractivity contribution in [1.29, 1.82) is 0 Å². The van der Waals surface area contributed by atoms with Crippen LogP contribution in [0.4, 0.5) is 17.2 Å². The number of nitrogens with one attached hydrogen (secondary N) is 3. The molecule has 1 aromatic rings. The zero-order valence-electron chi connectivity index (χ0n) is 12.1. The van der Waals surface area contributed by atoms with Gasteiger partial charge in [-0.15, -0.1) is 0 Å². The second-order valence-electron chi connectivity index (χ2n) is 5.06. The molecule has 1 aliphatic rings. The zero-order chi connectivity index (χ0) is 15.4. The number of nitrogens with zero attached hydrogens (tertiary/aromatic N) is 2. The van der Waals surface area contributed by atoms with Crippen LogP contribution in [0.15, 0.2) is 6.20 Å². The number of carbonyl (C=O) groups excluding carboxylic acids is 1. The van der Waals surface area contributed by atoms with Crippen LogP contribution in [0.5, 0.6) is 0 Å². The summed E-state index contributed by atoms with van der Waals surface area (Å²) < 4.78 is 0. The first-order chi connectivity index (χ1) is 9.99. The Morgan fingerprint density at radius 2 is 2.29 bits per heavy atom. The van der Waals surface area contributed by atoms with Gasteiger partial charge >= 0.3 is 5.97 Å². The van der Waals surface area contributed by atoms with Gasteiger partial charge in [-0.2, -0.15) is 0 Å². The third-order valence-electron chi connectivity index (χ3n) is 3.07. The van der Waals surface area contributed by atoms with Crippen LogP contribution >= 0.6 is 0 Å². The number of fused-ring (bicyclic) bond motifs is 1. The fourth-order valence-corrected chi connectivity index (χ4v) is 2.07. The first-order valence-electron chi connectivity index (χ1n) is 6.67. The maximum Gasteiger partial charge on any atom is 0.339 e. The Kier molecular flexibility index (Phi) is 4.59. The van der Waals surface area contributed by atoms with Crippen molar-refractivity contribution in [1.82, 2.24) is 9.88 Å². The Balaban J connectivity index is 2.23. The summed E-state index contributed by atoms with van der Waals surface area (Å²) in [5.74, 6) is -0.821. The van der Waals surface area contributed by atoms with Crippen LogP contribution in [0.25, 0.3) is 0 Å². The van der Waals surface area contributed by atoms with E-state index in [0.717, 1.165) is 13.0 Å². The normalized spacial score (nSPS) is 13.4. The highest BCUT2D eigenvalue weighted by atomic mass is 16.4. The SMILES string of the molecule is CN(C)CCCNc1c(C(=O)O)cnc2c1NC(=O)CN2. The topological polar surface area (TPSA) is 107 Å². The Labute approximate surface area is 122 Å². The van der Waals surface area contributed by atoms with E-state index in [4.69, 9.17) is 0 Å². The zero-order valence-corrected chi connectivity index (χ0v) is 12.1. The van der Waals surface area contributed by atoms with E-state index in [9.17, 15) is 14.7 Å². The largest absolute Gasteiger partial charge is 0.478 e. The molecule has 2 rings (SSSR count). The van der Waals surface area contributed by atoms with Crippen LogP contribution < -0.4 is 16.0 Å². The van der Waals surface area contributed by atoms with E-state index in [1.807, 2.05) is 19.0 Å². The van der Waals surface area contributed by atoms with Gasteiger partial charge in [0.05, 0.1) is 12.2 Å². The highest BCUT2D eigenvalue weighted by Gasteiger charge is 2.23. The number of hydrogen-bond acceptors (Lipinski definition) is 6. The summed E-state index contributed by atoms with van der Waals surface area (Å²) in [4.78, 5) is 28.9. The summed E-state index contributed by atoms with van der Waals surface area (Å²) in [6, 6.07) is 0. The fraction of sp³-hybridized carbons (Fsp3) is 0.462. The lowest BCUT2D eigenvalue weighted by atomic mass is 10.1. The molecule has 0 saturated carbocycles. The fourth-order valence-electron chi connectivity index (χ4n) is 2.07. The molecule has 0 radical (unpaired) electrons. The monoisotopic (exact) mass is 293 g/mol. The van der Waals surface area contributed by atoms with E-state index in [2.05, 4.69) is 20.9 Å². The van der Waals surface area contributed by atoms with E-state index in [1.165, 1.54) is 6.20 Å². The van der Waals surface area contributed by atoms with E-state index < -0.39 is 5.97 Å². The number of rotatable bonds is 6. The number of carboxylic acids is 1. The summed E-state index contributed by atoms with van der Waals surface area (Å²) in [6.07, 6.45) is 2.14. The van der Waals surface area contributed by atoms with Crippen LogP contribution in [-0.4, -0.2) is 60.6 Å². The summed E-state index contributed by atoms with van der Waals surface area (Å²) in [5, 5.41) is 17.9. The van der Waals surface area contributed by atoms with E-state index in [1.54, 1.807) is 0 Å². The van der Waals surface area contributed by atoms with Crippen molar-refractivity contribution < 1.29 is 14.7 Å². The first-order valence-corrected chi connectivity index (χ1v) is 6.67. The molecular formula is C13H19N5O3. The molecule has 0 spiro atoms. The van der Waals surface area contributed by atoms with Gasteiger partial charge in [-0.3, -0.25) is 4.79 Å². The number of aromatic nitrogens is 1. The number of anilines is 3. The van der Waals surface area contributed by atoms with Crippen molar-refractivity contribution in [2.45, 2.75) is 6.42 Å². The van der Waals surface area contributed by atoms with Gasteiger partial charge in [0.25, 0.3) is 0 Å². The van der Waals surface area contributed by atoms with E-state index in [-0.39, 0.29) is 18.0 Å². The van der Waals surface area contributed by atoms with Crippen molar-refractivity contribution in [2.24, 2.45) is 0 Å². The molecule has 4 N–H and O–H groups in total. The minimum atomic E-state index is -1.08. The van der Waals surface area contributed by atoms with Gasteiger partial charge in [0.2, 0.25) is 5.91 Å². The molecule has 0 atom stereocenters. The van der Waals surface area contributed by atoms with Gasteiger partial charge in [-0.25, -0.2) is 9.78 Å². The first kappa shape index (κ1) is 15.0. The molecule has 1 amide bonds. The standard InChI is InChI=1S/C13H19N5O3/c1-18(2)5-3-4-14-10-8(13(20)21)6-15-12-11(10)17-9(19)7-16-12/h6H,3-5,7H2,1-2H3,(H,17,19)(H,20,21)(H2,14,15,16). The molecule has 8 heteroatoms. The lowest BCUT2D eigenvalue weighted by Gasteiger charge is -2.22. The number of amides is 1. The lowest BCUT2D eigenvalue weighted by Crippen LogP contribution is -2.29. The van der Waals surface area contributed by atoms with Gasteiger partial charge in [-0.1, -0.05) is 0 Å². The highest BCUT2D eigenvalue weighted by Crippen LogP contribution is 2.33. The maximum absolute atomic E-state index is 11.5. The number of carbonyl (C=O) groups is 2. The number of hydrogen-bond donors (Lipinski definition) is 4. The summed E-state index contributed by atoms with van der Waals surface area (Å²) in [6.45, 7) is 1.62. The van der Waals surface area contributed by atoms with Crippen molar-refractivity contribution in [3.05, 3.63) is 11.8 Å². The molecule has 114 valence electrons. The maximum atomic E-state index is 11.5. The number of pyridine rings is 1. The van der Waals surface area contributed by atoms with Gasteiger partial charge in [0.15, 0.2) is 5.82 Å². The molecule has 2 heterocycles. The third kappa shape index (κ3) is 3.60. The van der Waals surface area contributed by atoms with Crippen LogP contribution in [0.2, 0.25) is 0 Å². The van der Waals surface area contributed by atoms with E-state index in [0.29, 0.717) is 23.7 Å². The third-order valence-corrected chi connectivity index (χ3v) is 3.07. The second-order valence-corrected chi connectivity index (χ2v) is 5.06. The molecule has 0 fully saturated rings. The number of carboxylic acid groups (broad SMARTS) is 1. The quantitative estimate of drug-likeness (QED) is 0.566. The van der Waals surface area contributed by atoms with Gasteiger partial charge in [0.1, 0.15) is 11.3 Å². The summed E-state index contributed by atoms with van der Waals surface area (Å²) >= 11 is 0. The van der Waals surface area contributed by atoms with Gasteiger partial charge < -0.3 is 26.0 Å². The van der Waals surface area contributed by atoms with Crippen LogP contribution in [0.1, 0.15) is 16.8 Å². The molecule has 1 aromatic heterocycles. The summed E-state index contributed by atoms with van der Waals surface area (Å²) in [7, 11) is 3.95. The molecule has 0 saturated heterocycles. The minimum absolute atomic E-state index is 0.0441. The van der Waals surface area contributed by atoms with Crippen LogP contribution in [-0.2, 0) is 4.79 Å². The molecule has 0 aliphatic carbocycles. The second kappa shape index (κ2) is 6.40. The number of aromatic carboxylic acids is 1. The van der Waals surface area contributed by atoms with Crippen molar-refractivity contribution in [3.8, 4) is 0 Å². The molecule has 0 bridgehead atoms. The Bertz CT molecular complexity index is 559. The summed E-state index contributed by atoms with van der Waals surface area (Å²) in [5.41, 5.74) is 0.838. The Hall–Kier alpha value is -2.35. The van der Waals surface area contributed by atoms with Crippen LogP contribution in [0, 0.1) is 0 Å². The predicted molar refractivity (Wildman–Crippen MR) is 80.0 cm³/mol. The molecule has 1 aliphatic heterocycles. The smallest absolute Gasteiger partial charge is 0.339 e. The Morgan fingerprint density at radius 3 is 2.95 bits per heavy atom. The van der Waals surface area contributed by atoms with Crippen LogP contribution in [0.3, 0.4) is 0 Å². The van der Waals surface area contributed by atoms with E-state index >= 15 is 0 Å². The molecular weight excluding hydrogens is 274 g/mol. The Morgan fingerprint density at radius 1 is 1.52 bits per heavy atom. The average Bonchev–Trinajstić information content (AvgIpc) is 2.42. The molecule has 0 unspecified atom stereocenters. The lowest BCUT2D eigenvalue weighted by molar-refractivity contribution is -0.114. The van der Waals surface area contributed by atoms with Crippen molar-refractivity contribution in [2.75, 3.05) is 49.7 Å². The highest BCUT2D eigenvalue weighted by molar-refractivity contribution is 6.08. The minimum Gasteiger partial charge on any atom is -0.478 e.